The maximum Gasteiger partial charge on any atom is 0.0734 e. The number of H-pyrrole nitrogens is 1. The fourth-order valence-electron chi connectivity index (χ4n) is 1.43. The lowest BCUT2D eigenvalue weighted by Crippen LogP contribution is -2.07. The van der Waals surface area contributed by atoms with Crippen LogP contribution < -0.4 is 5.73 Å². The summed E-state index contributed by atoms with van der Waals surface area (Å²) in [6.07, 6.45) is 0.995. The Labute approximate surface area is 65.5 Å². The second-order valence-electron chi connectivity index (χ2n) is 2.81. The van der Waals surface area contributed by atoms with Crippen molar-refractivity contribution in [3.05, 3.63) is 23.0 Å². The van der Waals surface area contributed by atoms with Crippen molar-refractivity contribution in [1.82, 2.24) is 4.98 Å². The first-order valence-corrected chi connectivity index (χ1v) is 3.87. The van der Waals surface area contributed by atoms with E-state index in [0.717, 1.165) is 25.3 Å². The molecule has 1 aliphatic heterocycles. The van der Waals surface area contributed by atoms with Crippen LogP contribution in [0.3, 0.4) is 0 Å². The molecule has 3 heteroatoms. The molecule has 1 aliphatic rings. The Morgan fingerprint density at radius 3 is 3.27 bits per heavy atom. The summed E-state index contributed by atoms with van der Waals surface area (Å²) in [4.78, 5) is 3.28. The highest BCUT2D eigenvalue weighted by molar-refractivity contribution is 5.26. The Bertz CT molecular complexity index is 231. The van der Waals surface area contributed by atoms with E-state index in [0.29, 0.717) is 6.54 Å². The Balaban J connectivity index is 2.32. The lowest BCUT2D eigenvalue weighted by atomic mass is 10.2. The van der Waals surface area contributed by atoms with E-state index in [2.05, 4.69) is 11.1 Å². The van der Waals surface area contributed by atoms with Crippen molar-refractivity contribution in [3.8, 4) is 0 Å². The summed E-state index contributed by atoms with van der Waals surface area (Å²) in [5.74, 6) is 0. The maximum atomic E-state index is 5.49. The first-order chi connectivity index (χ1) is 5.40. The molecule has 1 aromatic rings. The van der Waals surface area contributed by atoms with Gasteiger partial charge in [-0.05, 0) is 11.6 Å². The highest BCUT2D eigenvalue weighted by atomic mass is 16.5. The smallest absolute Gasteiger partial charge is 0.0734 e. The van der Waals surface area contributed by atoms with Gasteiger partial charge in [0.2, 0.25) is 0 Å². The molecule has 0 unspecified atom stereocenters. The second kappa shape index (κ2) is 2.68. The molecular formula is C8H12N2O. The molecule has 2 heterocycles. The van der Waals surface area contributed by atoms with Crippen molar-refractivity contribution in [2.75, 3.05) is 6.61 Å². The van der Waals surface area contributed by atoms with Gasteiger partial charge in [0.15, 0.2) is 0 Å². The number of aromatic amines is 1. The Morgan fingerprint density at radius 1 is 1.64 bits per heavy atom. The zero-order valence-corrected chi connectivity index (χ0v) is 6.39. The van der Waals surface area contributed by atoms with Crippen LogP contribution >= 0.6 is 0 Å². The predicted octanol–water partition coefficient (Wildman–Crippen LogP) is 0.546. The van der Waals surface area contributed by atoms with E-state index in [1.54, 1.807) is 0 Å². The van der Waals surface area contributed by atoms with Crippen LogP contribution in [0.4, 0.5) is 0 Å². The number of nitrogens with one attached hydrogen (secondary N) is 1. The average Bonchev–Trinajstić information content (AvgIpc) is 2.46. The van der Waals surface area contributed by atoms with Crippen LogP contribution in [0.5, 0.6) is 0 Å². The van der Waals surface area contributed by atoms with E-state index >= 15 is 0 Å². The lowest BCUT2D eigenvalue weighted by molar-refractivity contribution is 0.110. The normalized spacial score (nSPS) is 16.5. The van der Waals surface area contributed by atoms with E-state index in [9.17, 15) is 0 Å². The van der Waals surface area contributed by atoms with Crippen LogP contribution in [0.25, 0.3) is 0 Å². The summed E-state index contributed by atoms with van der Waals surface area (Å²) in [6, 6.07) is 2.09. The van der Waals surface area contributed by atoms with Gasteiger partial charge in [0.1, 0.15) is 0 Å². The molecule has 0 aliphatic carbocycles. The van der Waals surface area contributed by atoms with Crippen LogP contribution in [0, 0.1) is 0 Å². The quantitative estimate of drug-likeness (QED) is 0.617. The van der Waals surface area contributed by atoms with Crippen molar-refractivity contribution in [1.29, 1.82) is 0 Å². The summed E-state index contributed by atoms with van der Waals surface area (Å²) in [7, 11) is 0. The van der Waals surface area contributed by atoms with Crippen molar-refractivity contribution in [2.24, 2.45) is 5.73 Å². The number of hydrogen-bond donors (Lipinski definition) is 2. The number of rotatable bonds is 1. The van der Waals surface area contributed by atoms with Crippen LogP contribution in [-0.2, 0) is 24.3 Å². The van der Waals surface area contributed by atoms with Gasteiger partial charge in [0.05, 0.1) is 13.2 Å². The SMILES string of the molecule is NCc1cc2c([nH]1)CCOC2. The monoisotopic (exact) mass is 152 g/mol. The van der Waals surface area contributed by atoms with Crippen molar-refractivity contribution in [3.63, 3.8) is 0 Å². The summed E-state index contributed by atoms with van der Waals surface area (Å²) in [5, 5.41) is 0. The van der Waals surface area contributed by atoms with Gasteiger partial charge < -0.3 is 15.5 Å². The Hall–Kier alpha value is -0.800. The topological polar surface area (TPSA) is 51.0 Å². The molecule has 60 valence electrons. The molecule has 2 rings (SSSR count). The lowest BCUT2D eigenvalue weighted by Gasteiger charge is -2.10. The molecule has 11 heavy (non-hydrogen) atoms. The number of fused-ring (bicyclic) bond motifs is 1. The van der Waals surface area contributed by atoms with E-state index in [-0.39, 0.29) is 0 Å². The van der Waals surface area contributed by atoms with Gasteiger partial charge in [-0.2, -0.15) is 0 Å². The molecule has 3 N–H and O–H groups in total. The molecule has 0 atom stereocenters. The minimum absolute atomic E-state index is 0.590. The van der Waals surface area contributed by atoms with Crippen LogP contribution in [0.2, 0.25) is 0 Å². The zero-order chi connectivity index (χ0) is 7.68. The molecule has 3 nitrogen and oxygen atoms in total. The van der Waals surface area contributed by atoms with E-state index in [1.807, 2.05) is 0 Å². The third-order valence-electron chi connectivity index (χ3n) is 2.02. The third kappa shape index (κ3) is 1.17. The average molecular weight is 152 g/mol. The zero-order valence-electron chi connectivity index (χ0n) is 6.39. The van der Waals surface area contributed by atoms with Gasteiger partial charge in [-0.25, -0.2) is 0 Å². The fraction of sp³-hybridized carbons (Fsp3) is 0.500. The van der Waals surface area contributed by atoms with Gasteiger partial charge in [-0.15, -0.1) is 0 Å². The van der Waals surface area contributed by atoms with Crippen LogP contribution in [-0.4, -0.2) is 11.6 Å². The van der Waals surface area contributed by atoms with Crippen molar-refractivity contribution < 1.29 is 4.74 Å². The first kappa shape index (κ1) is 6.88. The van der Waals surface area contributed by atoms with E-state index < -0.39 is 0 Å². The van der Waals surface area contributed by atoms with Gasteiger partial charge in [-0.3, -0.25) is 0 Å². The minimum Gasteiger partial charge on any atom is -0.376 e. The molecule has 0 fully saturated rings. The number of hydrogen-bond acceptors (Lipinski definition) is 2. The number of ether oxygens (including phenoxy) is 1. The van der Waals surface area contributed by atoms with Crippen LogP contribution in [0.15, 0.2) is 6.07 Å². The molecule has 0 bridgehead atoms. The Kier molecular flexibility index (Phi) is 1.68. The van der Waals surface area contributed by atoms with Gasteiger partial charge in [0, 0.05) is 24.4 Å². The number of nitrogens with two attached hydrogens (primary N) is 1. The van der Waals surface area contributed by atoms with Gasteiger partial charge in [0.25, 0.3) is 0 Å². The van der Waals surface area contributed by atoms with Crippen molar-refractivity contribution >= 4 is 0 Å². The Morgan fingerprint density at radius 2 is 2.55 bits per heavy atom. The third-order valence-corrected chi connectivity index (χ3v) is 2.02. The second-order valence-corrected chi connectivity index (χ2v) is 2.81. The molecule has 0 amide bonds. The minimum atomic E-state index is 0.590. The van der Waals surface area contributed by atoms with Crippen molar-refractivity contribution in [2.45, 2.75) is 19.6 Å². The summed E-state index contributed by atoms with van der Waals surface area (Å²) in [5.41, 5.74) is 9.18. The summed E-state index contributed by atoms with van der Waals surface area (Å²) >= 11 is 0. The molecule has 0 radical (unpaired) electrons. The summed E-state index contributed by atoms with van der Waals surface area (Å²) in [6.45, 7) is 2.16. The largest absolute Gasteiger partial charge is 0.376 e. The van der Waals surface area contributed by atoms with Gasteiger partial charge in [-0.1, -0.05) is 0 Å². The van der Waals surface area contributed by atoms with E-state index in [4.69, 9.17) is 10.5 Å². The molecule has 0 spiro atoms. The predicted molar refractivity (Wildman–Crippen MR) is 42.0 cm³/mol. The summed E-state index contributed by atoms with van der Waals surface area (Å²) < 4.78 is 5.29. The maximum absolute atomic E-state index is 5.49. The van der Waals surface area contributed by atoms with E-state index in [1.165, 1.54) is 11.3 Å². The van der Waals surface area contributed by atoms with Gasteiger partial charge >= 0.3 is 0 Å². The molecule has 0 saturated carbocycles. The highest BCUT2D eigenvalue weighted by Gasteiger charge is 2.11. The molecule has 1 aromatic heterocycles. The standard InChI is InChI=1S/C8H12N2O/c9-4-7-3-6-5-11-2-1-8(6)10-7/h3,10H,1-2,4-5,9H2. The fourth-order valence-corrected chi connectivity index (χ4v) is 1.43. The highest BCUT2D eigenvalue weighted by Crippen LogP contribution is 2.16. The number of aromatic nitrogens is 1. The first-order valence-electron chi connectivity index (χ1n) is 3.87. The van der Waals surface area contributed by atoms with Crippen LogP contribution in [0.1, 0.15) is 17.0 Å². The molecule has 0 saturated heterocycles. The molecule has 0 aromatic carbocycles. The molecular weight excluding hydrogens is 140 g/mol.